The molecule has 1 aromatic heterocycles. The van der Waals surface area contributed by atoms with E-state index in [2.05, 4.69) is 19.9 Å². The first-order valence-corrected chi connectivity index (χ1v) is 9.34. The van der Waals surface area contributed by atoms with Crippen LogP contribution in [0.1, 0.15) is 67.5 Å². The van der Waals surface area contributed by atoms with Crippen LogP contribution in [0.2, 0.25) is 0 Å². The standard InChI is InChI=1S/C16H27N2.ClHO4/c1-13-15-10-8-6-4-3-5-7-9-11-16(12-15)14(2)18(13)17;2-1(3,4)5/h12H,3-11,17H2,1-2H3;(H,2,3,4,5)/q+1;/p-1. The van der Waals surface area contributed by atoms with Gasteiger partial charge in [-0.1, -0.05) is 36.8 Å². The van der Waals surface area contributed by atoms with Crippen molar-refractivity contribution < 1.29 is 33.6 Å². The van der Waals surface area contributed by atoms with Gasteiger partial charge in [-0.25, -0.2) is 24.5 Å². The number of fused-ring (bicyclic) bond motifs is 2. The van der Waals surface area contributed by atoms with Crippen LogP contribution in [0.4, 0.5) is 0 Å². The molecule has 0 atom stereocenters. The molecule has 0 unspecified atom stereocenters. The van der Waals surface area contributed by atoms with Gasteiger partial charge >= 0.3 is 0 Å². The van der Waals surface area contributed by atoms with Gasteiger partial charge in [0.2, 0.25) is 11.4 Å². The summed E-state index contributed by atoms with van der Waals surface area (Å²) in [6.45, 7) is 4.30. The largest absolute Gasteiger partial charge is 0.222 e. The number of hydrogen-bond acceptors (Lipinski definition) is 5. The van der Waals surface area contributed by atoms with Crippen molar-refractivity contribution in [3.05, 3.63) is 28.6 Å². The van der Waals surface area contributed by atoms with Gasteiger partial charge < -0.3 is 0 Å². The molecule has 0 aliphatic heterocycles. The lowest BCUT2D eigenvalue weighted by molar-refractivity contribution is -2.00. The van der Waals surface area contributed by atoms with Gasteiger partial charge in [0.1, 0.15) is 0 Å². The highest BCUT2D eigenvalue weighted by atomic mass is 35.7. The number of aryl methyl sites for hydroxylation is 2. The normalized spacial score (nSPS) is 16.6. The molecule has 0 radical (unpaired) electrons. The molecule has 1 heterocycles. The third-order valence-electron chi connectivity index (χ3n) is 4.39. The van der Waals surface area contributed by atoms with Crippen molar-refractivity contribution in [3.8, 4) is 0 Å². The summed E-state index contributed by atoms with van der Waals surface area (Å²) in [6.07, 6.45) is 12.0. The number of rotatable bonds is 0. The van der Waals surface area contributed by atoms with Gasteiger partial charge in [-0.2, -0.15) is 0 Å². The number of nitrogens with zero attached hydrogens (tertiary/aromatic N) is 1. The Morgan fingerprint density at radius 3 is 1.43 bits per heavy atom. The number of halogens is 1. The molecule has 0 saturated heterocycles. The highest BCUT2D eigenvalue weighted by Crippen LogP contribution is 2.18. The lowest BCUT2D eigenvalue weighted by Gasteiger charge is -2.17. The first-order chi connectivity index (χ1) is 10.7. The van der Waals surface area contributed by atoms with Crippen molar-refractivity contribution in [1.82, 2.24) is 0 Å². The van der Waals surface area contributed by atoms with Gasteiger partial charge in [0, 0.05) is 25.0 Å². The average molecular weight is 347 g/mol. The van der Waals surface area contributed by atoms with Gasteiger partial charge in [-0.15, -0.1) is 10.2 Å². The molecule has 0 aromatic carbocycles. The Labute approximate surface area is 140 Å². The van der Waals surface area contributed by atoms with E-state index in [4.69, 9.17) is 24.5 Å². The Morgan fingerprint density at radius 2 is 1.09 bits per heavy atom. The number of nitrogen functional groups attached to an aromatic ring is 1. The third-order valence-corrected chi connectivity index (χ3v) is 4.39. The molecule has 6 nitrogen and oxygen atoms in total. The molecular formula is C16H27ClN2O4. The van der Waals surface area contributed by atoms with E-state index in [0.717, 1.165) is 0 Å². The molecule has 1 aliphatic rings. The molecule has 132 valence electrons. The van der Waals surface area contributed by atoms with Crippen molar-refractivity contribution in [2.75, 3.05) is 5.84 Å². The van der Waals surface area contributed by atoms with Gasteiger partial charge in [0.15, 0.2) is 0 Å². The minimum absolute atomic E-state index is 1.19. The van der Waals surface area contributed by atoms with E-state index < -0.39 is 10.2 Å². The minimum Gasteiger partial charge on any atom is -0.222 e. The van der Waals surface area contributed by atoms with E-state index >= 15 is 0 Å². The van der Waals surface area contributed by atoms with Crippen molar-refractivity contribution in [2.45, 2.75) is 71.6 Å². The van der Waals surface area contributed by atoms with Crippen LogP contribution in [0.5, 0.6) is 0 Å². The molecule has 0 fully saturated rings. The van der Waals surface area contributed by atoms with Crippen molar-refractivity contribution in [1.29, 1.82) is 0 Å². The molecule has 2 bridgehead atoms. The van der Waals surface area contributed by atoms with Crippen LogP contribution < -0.4 is 29.2 Å². The summed E-state index contributed by atoms with van der Waals surface area (Å²) in [5.74, 6) is 6.19. The first-order valence-electron chi connectivity index (χ1n) is 8.11. The quantitative estimate of drug-likeness (QED) is 0.446. The second-order valence-electron chi connectivity index (χ2n) is 6.09. The SMILES string of the molecule is Cc1c2cc(c(C)[n+]1N)CCCCCCCCC2.[O-][Cl+3]([O-])([O-])[O-]. The molecule has 7 heteroatoms. The van der Waals surface area contributed by atoms with Crippen LogP contribution in [-0.2, 0) is 12.8 Å². The van der Waals surface area contributed by atoms with E-state index in [0.29, 0.717) is 0 Å². The molecule has 1 aromatic rings. The summed E-state index contributed by atoms with van der Waals surface area (Å²) >= 11 is 0. The maximum absolute atomic E-state index is 8.49. The van der Waals surface area contributed by atoms with E-state index in [1.165, 1.54) is 80.3 Å². The van der Waals surface area contributed by atoms with E-state index in [-0.39, 0.29) is 0 Å². The fourth-order valence-corrected chi connectivity index (χ4v) is 3.00. The fraction of sp³-hybridized carbons (Fsp3) is 0.688. The molecule has 23 heavy (non-hydrogen) atoms. The zero-order valence-electron chi connectivity index (χ0n) is 14.0. The fourth-order valence-electron chi connectivity index (χ4n) is 3.00. The zero-order chi connectivity index (χ0) is 17.5. The van der Waals surface area contributed by atoms with Crippen molar-refractivity contribution in [2.24, 2.45) is 0 Å². The van der Waals surface area contributed by atoms with E-state index in [1.54, 1.807) is 0 Å². The summed E-state index contributed by atoms with van der Waals surface area (Å²) < 4.78 is 35.9. The van der Waals surface area contributed by atoms with Crippen LogP contribution in [0, 0.1) is 24.1 Å². The number of nitrogens with two attached hydrogens (primary N) is 1. The van der Waals surface area contributed by atoms with Crippen LogP contribution in [0.25, 0.3) is 0 Å². The lowest BCUT2D eigenvalue weighted by atomic mass is 9.96. The molecule has 0 amide bonds. The van der Waals surface area contributed by atoms with E-state index in [9.17, 15) is 0 Å². The van der Waals surface area contributed by atoms with Crippen molar-refractivity contribution in [3.63, 3.8) is 0 Å². The number of hydrogen-bond donors (Lipinski definition) is 1. The molecule has 2 N–H and O–H groups in total. The van der Waals surface area contributed by atoms with Gasteiger partial charge in [0.05, 0.1) is 0 Å². The molecule has 1 aliphatic carbocycles. The molecule has 0 spiro atoms. The molecule has 0 saturated carbocycles. The third kappa shape index (κ3) is 7.94. The van der Waals surface area contributed by atoms with Crippen LogP contribution in [0.3, 0.4) is 0 Å². The van der Waals surface area contributed by atoms with Crippen LogP contribution >= 0.6 is 0 Å². The van der Waals surface area contributed by atoms with Gasteiger partial charge in [0.25, 0.3) is 0 Å². The highest BCUT2D eigenvalue weighted by Gasteiger charge is 2.17. The Bertz CT molecular complexity index is 464. The maximum Gasteiger partial charge on any atom is 0.211 e. The van der Waals surface area contributed by atoms with Crippen LogP contribution in [-0.4, -0.2) is 0 Å². The highest BCUT2D eigenvalue weighted by molar-refractivity contribution is 5.25. The monoisotopic (exact) mass is 346 g/mol. The van der Waals surface area contributed by atoms with E-state index in [1.807, 2.05) is 4.68 Å². The predicted molar refractivity (Wildman–Crippen MR) is 76.0 cm³/mol. The molecule has 2 rings (SSSR count). The first kappa shape index (κ1) is 20.1. The summed E-state index contributed by atoms with van der Waals surface area (Å²) in [7, 11) is -4.94. The summed E-state index contributed by atoms with van der Waals surface area (Å²) in [4.78, 5) is 0. The summed E-state index contributed by atoms with van der Waals surface area (Å²) in [5.41, 5.74) is 5.40. The van der Waals surface area contributed by atoms with Gasteiger partial charge in [-0.05, 0) is 31.7 Å². The Morgan fingerprint density at radius 1 is 0.783 bits per heavy atom. The maximum atomic E-state index is 8.49. The summed E-state index contributed by atoms with van der Waals surface area (Å²) in [5, 5.41) is 0. The topological polar surface area (TPSA) is 122 Å². The Hall–Kier alpha value is -0.920. The van der Waals surface area contributed by atoms with Crippen LogP contribution in [0.15, 0.2) is 6.07 Å². The smallest absolute Gasteiger partial charge is 0.211 e. The predicted octanol–water partition coefficient (Wildman–Crippen LogP) is -1.62. The summed E-state index contributed by atoms with van der Waals surface area (Å²) in [6, 6.07) is 2.41. The number of aromatic nitrogens is 1. The Balaban J connectivity index is 0.000000463. The minimum atomic E-state index is -4.94. The Kier molecular flexibility index (Phi) is 8.22. The lowest BCUT2D eigenvalue weighted by Crippen LogP contribution is -2.68. The average Bonchev–Trinajstić information content (AvgIpc) is 2.43. The molecular weight excluding hydrogens is 320 g/mol. The number of pyridine rings is 1. The second kappa shape index (κ2) is 9.39. The van der Waals surface area contributed by atoms with Crippen molar-refractivity contribution >= 4 is 0 Å². The van der Waals surface area contributed by atoms with Gasteiger partial charge in [-0.3, -0.25) is 0 Å². The second-order valence-corrected chi connectivity index (χ2v) is 6.84. The zero-order valence-corrected chi connectivity index (χ0v) is 14.7.